The minimum absolute atomic E-state index is 0.193. The van der Waals surface area contributed by atoms with Gasteiger partial charge in [-0.1, -0.05) is 78.9 Å². The van der Waals surface area contributed by atoms with Crippen molar-refractivity contribution in [3.05, 3.63) is 102 Å². The number of para-hydroxylation sites is 1. The number of carbonyl (C=O) groups excluding carboxylic acids is 2. The van der Waals surface area contributed by atoms with E-state index in [2.05, 4.69) is 0 Å². The van der Waals surface area contributed by atoms with E-state index >= 15 is 0 Å². The third-order valence-corrected chi connectivity index (χ3v) is 6.00. The number of fused-ring (bicyclic) bond motifs is 1. The van der Waals surface area contributed by atoms with E-state index in [1.807, 2.05) is 85.8 Å². The van der Waals surface area contributed by atoms with Crippen molar-refractivity contribution in [2.75, 3.05) is 4.90 Å². The van der Waals surface area contributed by atoms with Gasteiger partial charge >= 0.3 is 0 Å². The lowest BCUT2D eigenvalue weighted by Crippen LogP contribution is -2.40. The molecule has 2 unspecified atom stereocenters. The van der Waals surface area contributed by atoms with Gasteiger partial charge in [0.2, 0.25) is 11.8 Å². The van der Waals surface area contributed by atoms with Crippen molar-refractivity contribution in [3.8, 4) is 0 Å². The molecular formula is C25H20N2O2. The number of aliphatic imine (C=N–C) groups is 1. The zero-order valence-corrected chi connectivity index (χ0v) is 16.0. The molecule has 0 N–H and O–H groups in total. The van der Waals surface area contributed by atoms with Crippen molar-refractivity contribution in [3.63, 3.8) is 0 Å². The summed E-state index contributed by atoms with van der Waals surface area (Å²) in [4.78, 5) is 33.5. The lowest BCUT2D eigenvalue weighted by Gasteiger charge is -2.33. The fourth-order valence-corrected chi connectivity index (χ4v) is 4.80. The van der Waals surface area contributed by atoms with Crippen molar-refractivity contribution in [1.82, 2.24) is 0 Å². The molecule has 3 aromatic carbocycles. The highest BCUT2D eigenvalue weighted by atomic mass is 16.2. The van der Waals surface area contributed by atoms with Crippen LogP contribution in [0.2, 0.25) is 0 Å². The Balaban J connectivity index is 1.74. The molecule has 3 aromatic rings. The van der Waals surface area contributed by atoms with Crippen molar-refractivity contribution in [1.29, 1.82) is 0 Å². The molecule has 2 aliphatic rings. The summed E-state index contributed by atoms with van der Waals surface area (Å²) in [6.07, 6.45) is 0. The Hall–Kier alpha value is -3.53. The van der Waals surface area contributed by atoms with Crippen molar-refractivity contribution >= 4 is 23.2 Å². The van der Waals surface area contributed by atoms with Crippen molar-refractivity contribution < 1.29 is 9.59 Å². The van der Waals surface area contributed by atoms with Gasteiger partial charge in [-0.25, -0.2) is 4.90 Å². The third kappa shape index (κ3) is 2.42. The van der Waals surface area contributed by atoms with Crippen LogP contribution in [0.4, 0.5) is 5.69 Å². The van der Waals surface area contributed by atoms with Gasteiger partial charge in [0.1, 0.15) is 5.54 Å². The molecule has 2 aliphatic heterocycles. The van der Waals surface area contributed by atoms with E-state index in [1.165, 1.54) is 4.90 Å². The summed E-state index contributed by atoms with van der Waals surface area (Å²) in [5, 5.41) is 0. The molecule has 4 heteroatoms. The summed E-state index contributed by atoms with van der Waals surface area (Å²) < 4.78 is 0. The molecule has 0 aliphatic carbocycles. The second-order valence-electron chi connectivity index (χ2n) is 7.55. The minimum atomic E-state index is -0.909. The summed E-state index contributed by atoms with van der Waals surface area (Å²) >= 11 is 0. The molecule has 0 saturated carbocycles. The maximum Gasteiger partial charge on any atom is 0.243 e. The molecule has 5 rings (SSSR count). The predicted molar refractivity (Wildman–Crippen MR) is 113 cm³/mol. The van der Waals surface area contributed by atoms with Crippen LogP contribution in [-0.2, 0) is 15.1 Å². The lowest BCUT2D eigenvalue weighted by molar-refractivity contribution is -0.123. The number of hydrogen-bond donors (Lipinski definition) is 0. The second kappa shape index (κ2) is 6.52. The highest BCUT2D eigenvalue weighted by Crippen LogP contribution is 2.53. The predicted octanol–water partition coefficient (Wildman–Crippen LogP) is 4.21. The fourth-order valence-electron chi connectivity index (χ4n) is 4.80. The molecule has 4 nitrogen and oxygen atoms in total. The van der Waals surface area contributed by atoms with Gasteiger partial charge in [0, 0.05) is 5.71 Å². The Labute approximate surface area is 169 Å². The van der Waals surface area contributed by atoms with Crippen LogP contribution >= 0.6 is 0 Å². The standard InChI is InChI=1S/C25H20N2O2/c1-17-21-22(24(29)27(23(21)28)20-15-9-4-10-16-20)25(26-17,18-11-5-2-6-12-18)19-13-7-3-8-14-19/h2-16,21-22H,1H3. The van der Waals surface area contributed by atoms with Crippen LogP contribution in [-0.4, -0.2) is 17.5 Å². The maximum absolute atomic E-state index is 13.7. The van der Waals surface area contributed by atoms with E-state index in [0.717, 1.165) is 11.1 Å². The molecule has 142 valence electrons. The summed E-state index contributed by atoms with van der Waals surface area (Å²) in [7, 11) is 0. The van der Waals surface area contributed by atoms with E-state index < -0.39 is 17.4 Å². The first-order valence-corrected chi connectivity index (χ1v) is 9.75. The van der Waals surface area contributed by atoms with E-state index in [9.17, 15) is 9.59 Å². The quantitative estimate of drug-likeness (QED) is 0.639. The highest BCUT2D eigenvalue weighted by Gasteiger charge is 2.63. The van der Waals surface area contributed by atoms with Crippen LogP contribution < -0.4 is 4.90 Å². The Morgan fingerprint density at radius 3 is 1.72 bits per heavy atom. The molecule has 29 heavy (non-hydrogen) atoms. The summed E-state index contributed by atoms with van der Waals surface area (Å²) in [6.45, 7) is 1.87. The van der Waals surface area contributed by atoms with Crippen LogP contribution in [0, 0.1) is 11.8 Å². The second-order valence-corrected chi connectivity index (χ2v) is 7.55. The van der Waals surface area contributed by atoms with Gasteiger partial charge in [0.05, 0.1) is 17.5 Å². The number of carbonyl (C=O) groups is 2. The fraction of sp³-hybridized carbons (Fsp3) is 0.160. The van der Waals surface area contributed by atoms with Crippen molar-refractivity contribution in [2.24, 2.45) is 16.8 Å². The Kier molecular flexibility index (Phi) is 3.95. The zero-order chi connectivity index (χ0) is 20.0. The normalized spacial score (nSPS) is 22.5. The SMILES string of the molecule is CC1=NC(c2ccccc2)(c2ccccc2)C2C(=O)N(c3ccccc3)C(=O)C12. The van der Waals surface area contributed by atoms with Crippen LogP contribution in [0.1, 0.15) is 18.1 Å². The summed E-state index contributed by atoms with van der Waals surface area (Å²) in [5.41, 5.74) is 2.26. The molecule has 0 radical (unpaired) electrons. The Bertz CT molecular complexity index is 1070. The number of benzene rings is 3. The number of anilines is 1. The van der Waals surface area contributed by atoms with Gasteiger partial charge in [0.25, 0.3) is 0 Å². The van der Waals surface area contributed by atoms with E-state index in [0.29, 0.717) is 11.4 Å². The first-order valence-electron chi connectivity index (χ1n) is 9.75. The largest absolute Gasteiger partial charge is 0.276 e. The lowest BCUT2D eigenvalue weighted by atomic mass is 9.71. The van der Waals surface area contributed by atoms with Crippen LogP contribution in [0.15, 0.2) is 96.0 Å². The average molecular weight is 380 g/mol. The summed E-state index contributed by atoms with van der Waals surface area (Å²) in [5.74, 6) is -1.54. The van der Waals surface area contributed by atoms with E-state index in [-0.39, 0.29) is 11.8 Å². The van der Waals surface area contributed by atoms with Crippen LogP contribution in [0.3, 0.4) is 0 Å². The molecule has 2 atom stereocenters. The molecule has 0 aromatic heterocycles. The minimum Gasteiger partial charge on any atom is -0.276 e. The first kappa shape index (κ1) is 17.6. The smallest absolute Gasteiger partial charge is 0.243 e. The van der Waals surface area contributed by atoms with E-state index in [1.54, 1.807) is 12.1 Å². The molecule has 2 amide bonds. The first-order chi connectivity index (χ1) is 14.1. The Morgan fingerprint density at radius 1 is 0.724 bits per heavy atom. The monoisotopic (exact) mass is 380 g/mol. The van der Waals surface area contributed by atoms with Crippen LogP contribution in [0.25, 0.3) is 0 Å². The third-order valence-electron chi connectivity index (χ3n) is 6.00. The Morgan fingerprint density at radius 2 is 1.21 bits per heavy atom. The van der Waals surface area contributed by atoms with Gasteiger partial charge in [-0.05, 0) is 30.2 Å². The number of hydrogen-bond acceptors (Lipinski definition) is 3. The molecule has 1 fully saturated rings. The highest BCUT2D eigenvalue weighted by molar-refractivity contribution is 6.30. The maximum atomic E-state index is 13.7. The average Bonchev–Trinajstić information content (AvgIpc) is 3.23. The van der Waals surface area contributed by atoms with Gasteiger partial charge < -0.3 is 0 Å². The van der Waals surface area contributed by atoms with Crippen molar-refractivity contribution in [2.45, 2.75) is 12.5 Å². The van der Waals surface area contributed by atoms with Gasteiger partial charge in [-0.3, -0.25) is 14.6 Å². The molecule has 2 heterocycles. The van der Waals surface area contributed by atoms with Crippen LogP contribution in [0.5, 0.6) is 0 Å². The molecule has 0 bridgehead atoms. The van der Waals surface area contributed by atoms with Gasteiger partial charge in [-0.15, -0.1) is 0 Å². The topological polar surface area (TPSA) is 49.7 Å². The zero-order valence-electron chi connectivity index (χ0n) is 16.0. The number of rotatable bonds is 3. The molecular weight excluding hydrogens is 360 g/mol. The summed E-state index contributed by atoms with van der Waals surface area (Å²) in [6, 6.07) is 28.8. The van der Waals surface area contributed by atoms with Gasteiger partial charge in [0.15, 0.2) is 0 Å². The molecule has 0 spiro atoms. The number of amides is 2. The van der Waals surface area contributed by atoms with E-state index in [4.69, 9.17) is 4.99 Å². The molecule has 1 saturated heterocycles. The number of imide groups is 1. The number of nitrogens with zero attached hydrogens (tertiary/aromatic N) is 2. The van der Waals surface area contributed by atoms with Gasteiger partial charge in [-0.2, -0.15) is 0 Å².